The van der Waals surface area contributed by atoms with E-state index in [1.165, 1.54) is 22.3 Å². The van der Waals surface area contributed by atoms with Crippen LogP contribution in [0.3, 0.4) is 0 Å². The number of rotatable bonds is 5. The predicted octanol–water partition coefficient (Wildman–Crippen LogP) is 4.83. The van der Waals surface area contributed by atoms with Gasteiger partial charge in [-0.05, 0) is 50.3 Å². The van der Waals surface area contributed by atoms with Gasteiger partial charge in [-0.15, -0.1) is 10.2 Å². The zero-order valence-corrected chi connectivity index (χ0v) is 14.6. The molecule has 0 bridgehead atoms. The summed E-state index contributed by atoms with van der Waals surface area (Å²) in [5.41, 5.74) is 5.34. The zero-order chi connectivity index (χ0) is 15.6. The summed E-state index contributed by atoms with van der Waals surface area (Å²) >= 11 is 1.67. The Morgan fingerprint density at radius 2 is 1.67 bits per heavy atom. The molecule has 114 valence electrons. The Balaban J connectivity index is 2.14. The lowest BCUT2D eigenvalue weighted by atomic mass is 9.95. The summed E-state index contributed by atoms with van der Waals surface area (Å²) in [6.45, 7) is 13.1. The predicted molar refractivity (Wildman–Crippen MR) is 91.1 cm³/mol. The van der Waals surface area contributed by atoms with Crippen LogP contribution >= 0.6 is 11.3 Å². The van der Waals surface area contributed by atoms with Crippen LogP contribution in [0.15, 0.2) is 12.1 Å². The van der Waals surface area contributed by atoms with Gasteiger partial charge < -0.3 is 5.32 Å². The third-order valence-electron chi connectivity index (χ3n) is 3.56. The van der Waals surface area contributed by atoms with Crippen molar-refractivity contribution in [2.45, 2.75) is 54.0 Å². The van der Waals surface area contributed by atoms with Gasteiger partial charge in [0.05, 0.1) is 6.04 Å². The highest BCUT2D eigenvalue weighted by Crippen LogP contribution is 2.28. The van der Waals surface area contributed by atoms with Crippen molar-refractivity contribution >= 4 is 16.5 Å². The molecular weight excluding hydrogens is 278 g/mol. The first kappa shape index (κ1) is 16.0. The maximum absolute atomic E-state index is 4.27. The topological polar surface area (TPSA) is 37.8 Å². The number of hydrogen-bond donors (Lipinski definition) is 1. The van der Waals surface area contributed by atoms with Crippen molar-refractivity contribution in [2.24, 2.45) is 5.92 Å². The quantitative estimate of drug-likeness (QED) is 0.859. The van der Waals surface area contributed by atoms with Crippen molar-refractivity contribution in [1.29, 1.82) is 0 Å². The van der Waals surface area contributed by atoms with Crippen LogP contribution in [0.25, 0.3) is 0 Å². The van der Waals surface area contributed by atoms with Crippen molar-refractivity contribution in [3.8, 4) is 0 Å². The molecule has 0 amide bonds. The molecule has 1 unspecified atom stereocenters. The van der Waals surface area contributed by atoms with E-state index in [1.807, 2.05) is 0 Å². The van der Waals surface area contributed by atoms with Gasteiger partial charge >= 0.3 is 0 Å². The summed E-state index contributed by atoms with van der Waals surface area (Å²) in [7, 11) is 0. The number of aromatic nitrogens is 2. The second-order valence-electron chi connectivity index (χ2n) is 6.28. The lowest BCUT2D eigenvalue weighted by Crippen LogP contribution is -2.10. The Morgan fingerprint density at radius 3 is 2.24 bits per heavy atom. The molecule has 0 saturated heterocycles. The van der Waals surface area contributed by atoms with E-state index in [0.717, 1.165) is 16.6 Å². The van der Waals surface area contributed by atoms with E-state index in [1.54, 1.807) is 11.3 Å². The van der Waals surface area contributed by atoms with Crippen molar-refractivity contribution in [2.75, 3.05) is 5.32 Å². The normalized spacial score (nSPS) is 12.7. The summed E-state index contributed by atoms with van der Waals surface area (Å²) in [4.78, 5) is 0. The monoisotopic (exact) mass is 303 g/mol. The first-order valence-corrected chi connectivity index (χ1v) is 8.35. The van der Waals surface area contributed by atoms with E-state index < -0.39 is 0 Å². The van der Waals surface area contributed by atoms with Crippen LogP contribution in [-0.4, -0.2) is 10.2 Å². The molecule has 3 nitrogen and oxygen atoms in total. The molecule has 1 aromatic heterocycles. The van der Waals surface area contributed by atoms with Gasteiger partial charge in [-0.25, -0.2) is 0 Å². The fraction of sp³-hybridized carbons (Fsp3) is 0.529. The van der Waals surface area contributed by atoms with Crippen LogP contribution in [0, 0.1) is 26.7 Å². The Labute approximate surface area is 131 Å². The molecule has 2 rings (SSSR count). The van der Waals surface area contributed by atoms with E-state index in [4.69, 9.17) is 0 Å². The van der Waals surface area contributed by atoms with E-state index in [0.29, 0.717) is 5.92 Å². The number of nitrogens with zero attached hydrogens (tertiary/aromatic N) is 2. The Hall–Kier alpha value is -1.42. The van der Waals surface area contributed by atoms with Crippen molar-refractivity contribution < 1.29 is 0 Å². The summed E-state index contributed by atoms with van der Waals surface area (Å²) in [6, 6.07) is 4.72. The van der Waals surface area contributed by atoms with Crippen molar-refractivity contribution in [1.82, 2.24) is 10.2 Å². The highest BCUT2D eigenvalue weighted by atomic mass is 32.1. The van der Waals surface area contributed by atoms with Gasteiger partial charge in [0.15, 0.2) is 0 Å². The molecule has 0 saturated carbocycles. The van der Waals surface area contributed by atoms with Crippen molar-refractivity contribution in [3.05, 3.63) is 39.4 Å². The average Bonchev–Trinajstić information content (AvgIpc) is 2.73. The van der Waals surface area contributed by atoms with Gasteiger partial charge in [-0.2, -0.15) is 0 Å². The van der Waals surface area contributed by atoms with Crippen LogP contribution < -0.4 is 5.32 Å². The molecule has 1 aromatic carbocycles. The highest BCUT2D eigenvalue weighted by molar-refractivity contribution is 7.15. The molecule has 0 fully saturated rings. The third-order valence-corrected chi connectivity index (χ3v) is 4.44. The Bertz CT molecular complexity index is 593. The van der Waals surface area contributed by atoms with Gasteiger partial charge in [-0.1, -0.05) is 42.9 Å². The molecule has 21 heavy (non-hydrogen) atoms. The van der Waals surface area contributed by atoms with E-state index in [-0.39, 0.29) is 6.04 Å². The number of anilines is 1. The number of nitrogens with one attached hydrogen (secondary N) is 1. The summed E-state index contributed by atoms with van der Waals surface area (Å²) in [5.74, 6) is 0.616. The average molecular weight is 303 g/mol. The minimum absolute atomic E-state index is 0.241. The van der Waals surface area contributed by atoms with Crippen LogP contribution in [0.5, 0.6) is 0 Å². The minimum atomic E-state index is 0.241. The highest BCUT2D eigenvalue weighted by Gasteiger charge is 2.14. The van der Waals surface area contributed by atoms with Gasteiger partial charge in [0.2, 0.25) is 5.13 Å². The molecule has 4 heteroatoms. The maximum atomic E-state index is 4.27. The van der Waals surface area contributed by atoms with Crippen LogP contribution in [-0.2, 0) is 6.42 Å². The molecule has 0 spiro atoms. The molecular formula is C17H25N3S. The van der Waals surface area contributed by atoms with Gasteiger partial charge in [-0.3, -0.25) is 0 Å². The Morgan fingerprint density at radius 1 is 1.05 bits per heavy atom. The summed E-state index contributed by atoms with van der Waals surface area (Å²) < 4.78 is 0. The number of benzene rings is 1. The minimum Gasteiger partial charge on any atom is -0.354 e. The van der Waals surface area contributed by atoms with Crippen LogP contribution in [0.2, 0.25) is 0 Å². The third kappa shape index (κ3) is 4.03. The van der Waals surface area contributed by atoms with E-state index in [9.17, 15) is 0 Å². The van der Waals surface area contributed by atoms with E-state index >= 15 is 0 Å². The van der Waals surface area contributed by atoms with Crippen molar-refractivity contribution in [3.63, 3.8) is 0 Å². The summed E-state index contributed by atoms with van der Waals surface area (Å²) in [6.07, 6.45) is 0.996. The van der Waals surface area contributed by atoms with Crippen LogP contribution in [0.1, 0.15) is 54.1 Å². The second-order valence-corrected chi connectivity index (χ2v) is 7.34. The Kier molecular flexibility index (Phi) is 4.99. The molecule has 1 atom stereocenters. The van der Waals surface area contributed by atoms with Gasteiger partial charge in [0, 0.05) is 6.42 Å². The SMILES string of the molecule is Cc1cc(C)c(C(C)Nc2nnc(CC(C)C)s2)c(C)c1. The molecule has 0 aliphatic rings. The molecule has 0 aliphatic heterocycles. The summed E-state index contributed by atoms with van der Waals surface area (Å²) in [5, 5.41) is 14.1. The molecule has 1 heterocycles. The molecule has 0 aliphatic carbocycles. The van der Waals surface area contributed by atoms with E-state index in [2.05, 4.69) is 69.2 Å². The number of hydrogen-bond acceptors (Lipinski definition) is 4. The van der Waals surface area contributed by atoms with Gasteiger partial charge in [0.1, 0.15) is 5.01 Å². The smallest absolute Gasteiger partial charge is 0.206 e. The molecule has 1 N–H and O–H groups in total. The number of aryl methyl sites for hydroxylation is 3. The lowest BCUT2D eigenvalue weighted by molar-refractivity contribution is 0.640. The lowest BCUT2D eigenvalue weighted by Gasteiger charge is -2.19. The van der Waals surface area contributed by atoms with Crippen LogP contribution in [0.4, 0.5) is 5.13 Å². The first-order chi connectivity index (χ1) is 9.86. The maximum Gasteiger partial charge on any atom is 0.206 e. The fourth-order valence-corrected chi connectivity index (χ4v) is 3.91. The molecule has 0 radical (unpaired) electrons. The van der Waals surface area contributed by atoms with Gasteiger partial charge in [0.25, 0.3) is 0 Å². The zero-order valence-electron chi connectivity index (χ0n) is 13.8. The largest absolute Gasteiger partial charge is 0.354 e. The first-order valence-electron chi connectivity index (χ1n) is 7.53. The standard InChI is InChI=1S/C17H25N3S/c1-10(2)7-15-19-20-17(21-15)18-14(6)16-12(4)8-11(3)9-13(16)5/h8-10,14H,7H2,1-6H3,(H,18,20). The fourth-order valence-electron chi connectivity index (χ4n) is 2.88. The molecule has 2 aromatic rings. The second kappa shape index (κ2) is 6.56.